The first-order valence-electron chi connectivity index (χ1n) is 6.66. The summed E-state index contributed by atoms with van der Waals surface area (Å²) < 4.78 is 1.16. The third-order valence-corrected chi connectivity index (χ3v) is 2.98. The first-order valence-corrected chi connectivity index (χ1v) is 6.66. The van der Waals surface area contributed by atoms with Crippen LogP contribution >= 0.6 is 0 Å². The summed E-state index contributed by atoms with van der Waals surface area (Å²) in [7, 11) is 0. The molecular weight excluding hydrogens is 298 g/mol. The van der Waals surface area contributed by atoms with Crippen LogP contribution in [0, 0.1) is 0 Å². The molecule has 2 aromatic heterocycles. The number of anilines is 1. The minimum atomic E-state index is -0.398. The monoisotopic (exact) mass is 311 g/mol. The molecule has 2 heterocycles. The molecular formula is C13H13N9O. The van der Waals surface area contributed by atoms with Crippen LogP contribution in [0.15, 0.2) is 41.6 Å². The van der Waals surface area contributed by atoms with E-state index in [1.165, 1.54) is 6.21 Å². The highest BCUT2D eigenvalue weighted by Crippen LogP contribution is 2.18. The average molecular weight is 311 g/mol. The Morgan fingerprint density at radius 2 is 2.22 bits per heavy atom. The molecule has 10 nitrogen and oxygen atoms in total. The van der Waals surface area contributed by atoms with Gasteiger partial charge in [0.15, 0.2) is 0 Å². The summed E-state index contributed by atoms with van der Waals surface area (Å²) in [5, 5.41) is 21.2. The highest BCUT2D eigenvalue weighted by Gasteiger charge is 2.07. The van der Waals surface area contributed by atoms with Crippen molar-refractivity contribution in [1.82, 2.24) is 35.8 Å². The molecule has 0 unspecified atom stereocenters. The fourth-order valence-corrected chi connectivity index (χ4v) is 1.90. The number of rotatable bonds is 5. The molecule has 23 heavy (non-hydrogen) atoms. The summed E-state index contributed by atoms with van der Waals surface area (Å²) in [6.07, 6.45) is 3.13. The summed E-state index contributed by atoms with van der Waals surface area (Å²) in [4.78, 5) is 11.7. The number of benzene rings is 1. The number of hydrogen-bond donors (Lipinski definition) is 3. The predicted octanol–water partition coefficient (Wildman–Crippen LogP) is -0.204. The Labute approximate surface area is 130 Å². The van der Waals surface area contributed by atoms with Crippen molar-refractivity contribution in [3.8, 4) is 11.3 Å². The number of H-pyrrole nitrogens is 1. The first kappa shape index (κ1) is 14.4. The van der Waals surface area contributed by atoms with E-state index in [1.54, 1.807) is 6.20 Å². The third kappa shape index (κ3) is 3.37. The van der Waals surface area contributed by atoms with E-state index in [0.717, 1.165) is 21.5 Å². The van der Waals surface area contributed by atoms with Crippen molar-refractivity contribution >= 4 is 18.1 Å². The van der Waals surface area contributed by atoms with Crippen LogP contribution in [-0.4, -0.2) is 42.5 Å². The van der Waals surface area contributed by atoms with E-state index in [9.17, 15) is 4.79 Å². The van der Waals surface area contributed by atoms with Crippen molar-refractivity contribution in [3.63, 3.8) is 0 Å². The molecule has 0 bridgehead atoms. The lowest BCUT2D eigenvalue weighted by Crippen LogP contribution is -2.24. The van der Waals surface area contributed by atoms with E-state index in [2.05, 4.69) is 36.3 Å². The molecule has 0 fully saturated rings. The molecule has 1 amide bonds. The maximum Gasteiger partial charge on any atom is 0.261 e. The van der Waals surface area contributed by atoms with Gasteiger partial charge in [-0.05, 0) is 10.4 Å². The van der Waals surface area contributed by atoms with Gasteiger partial charge in [-0.15, -0.1) is 0 Å². The Balaban J connectivity index is 1.64. The second-order valence-electron chi connectivity index (χ2n) is 4.55. The van der Waals surface area contributed by atoms with Crippen LogP contribution in [0.2, 0.25) is 0 Å². The van der Waals surface area contributed by atoms with Crippen LogP contribution in [0.5, 0.6) is 0 Å². The lowest BCUT2D eigenvalue weighted by atomic mass is 10.1. The van der Waals surface area contributed by atoms with Crippen LogP contribution in [0.3, 0.4) is 0 Å². The number of nitrogen functional groups attached to an aromatic ring is 1. The first-order chi connectivity index (χ1) is 11.2. The lowest BCUT2D eigenvalue weighted by molar-refractivity contribution is -0.121. The standard InChI is InChI=1S/C13H13N9O/c14-13-19-20-21-22(13)8-11(23)17-15-6-10-7-16-18-12(10)9-4-2-1-3-5-9/h1-7H,8H2,(H,16,18)(H,17,23)(H2,14,19,21). The van der Waals surface area contributed by atoms with E-state index >= 15 is 0 Å². The van der Waals surface area contributed by atoms with Crippen molar-refractivity contribution in [3.05, 3.63) is 42.1 Å². The van der Waals surface area contributed by atoms with Gasteiger partial charge in [0.1, 0.15) is 6.54 Å². The van der Waals surface area contributed by atoms with Gasteiger partial charge < -0.3 is 5.73 Å². The summed E-state index contributed by atoms with van der Waals surface area (Å²) in [5.41, 5.74) is 10.4. The van der Waals surface area contributed by atoms with Crippen LogP contribution < -0.4 is 11.2 Å². The van der Waals surface area contributed by atoms with Gasteiger partial charge >= 0.3 is 0 Å². The SMILES string of the molecule is Nc1nnnn1CC(=O)NN=Cc1cn[nH]c1-c1ccccc1. The normalized spacial score (nSPS) is 11.0. The second kappa shape index (κ2) is 6.47. The molecule has 0 radical (unpaired) electrons. The summed E-state index contributed by atoms with van der Waals surface area (Å²) in [6, 6.07) is 9.68. The van der Waals surface area contributed by atoms with Crippen molar-refractivity contribution in [1.29, 1.82) is 0 Å². The van der Waals surface area contributed by atoms with Crippen LogP contribution in [0.25, 0.3) is 11.3 Å². The van der Waals surface area contributed by atoms with Gasteiger partial charge in [0.25, 0.3) is 5.91 Å². The zero-order valence-corrected chi connectivity index (χ0v) is 11.9. The largest absolute Gasteiger partial charge is 0.367 e. The fourth-order valence-electron chi connectivity index (χ4n) is 1.90. The molecule has 0 aliphatic carbocycles. The van der Waals surface area contributed by atoms with E-state index in [4.69, 9.17) is 5.73 Å². The van der Waals surface area contributed by atoms with E-state index in [-0.39, 0.29) is 12.5 Å². The van der Waals surface area contributed by atoms with Crippen molar-refractivity contribution in [2.75, 3.05) is 5.73 Å². The van der Waals surface area contributed by atoms with E-state index in [0.29, 0.717) is 0 Å². The Bertz CT molecular complexity index is 821. The number of tetrazole rings is 1. The zero-order chi connectivity index (χ0) is 16.1. The zero-order valence-electron chi connectivity index (χ0n) is 11.9. The summed E-state index contributed by atoms with van der Waals surface area (Å²) in [5.74, 6) is -0.338. The van der Waals surface area contributed by atoms with Gasteiger partial charge in [0.2, 0.25) is 5.95 Å². The average Bonchev–Trinajstić information content (AvgIpc) is 3.18. The number of aromatic amines is 1. The van der Waals surface area contributed by atoms with Crippen molar-refractivity contribution < 1.29 is 4.79 Å². The molecule has 1 aromatic carbocycles. The van der Waals surface area contributed by atoms with Gasteiger partial charge in [-0.3, -0.25) is 9.89 Å². The predicted molar refractivity (Wildman–Crippen MR) is 82.0 cm³/mol. The molecule has 0 saturated heterocycles. The van der Waals surface area contributed by atoms with Gasteiger partial charge in [-0.2, -0.15) is 10.2 Å². The number of aromatic nitrogens is 6. The number of nitrogens with zero attached hydrogens (tertiary/aromatic N) is 6. The quantitative estimate of drug-likeness (QED) is 0.440. The van der Waals surface area contributed by atoms with E-state index < -0.39 is 5.91 Å². The second-order valence-corrected chi connectivity index (χ2v) is 4.55. The molecule has 4 N–H and O–H groups in total. The van der Waals surface area contributed by atoms with Crippen molar-refractivity contribution in [2.45, 2.75) is 6.54 Å². The highest BCUT2D eigenvalue weighted by atomic mass is 16.2. The number of carbonyl (C=O) groups is 1. The van der Waals surface area contributed by atoms with E-state index in [1.807, 2.05) is 30.3 Å². The fraction of sp³-hybridized carbons (Fsp3) is 0.0769. The lowest BCUT2D eigenvalue weighted by Gasteiger charge is -2.01. The topological polar surface area (TPSA) is 140 Å². The van der Waals surface area contributed by atoms with Crippen LogP contribution in [0.1, 0.15) is 5.56 Å². The Kier molecular flexibility index (Phi) is 4.05. The molecule has 10 heteroatoms. The summed E-state index contributed by atoms with van der Waals surface area (Å²) in [6.45, 7) is -0.118. The molecule has 0 aliphatic rings. The Morgan fingerprint density at radius 1 is 1.39 bits per heavy atom. The van der Waals surface area contributed by atoms with Gasteiger partial charge in [-0.25, -0.2) is 10.1 Å². The number of carbonyl (C=O) groups excluding carboxylic acids is 1. The number of hydrazone groups is 1. The molecule has 116 valence electrons. The van der Waals surface area contributed by atoms with Crippen LogP contribution in [0.4, 0.5) is 5.95 Å². The molecule has 0 saturated carbocycles. The number of nitrogens with one attached hydrogen (secondary N) is 2. The van der Waals surface area contributed by atoms with Gasteiger partial charge in [-0.1, -0.05) is 35.4 Å². The molecule has 0 atom stereocenters. The maximum atomic E-state index is 11.7. The minimum Gasteiger partial charge on any atom is -0.367 e. The highest BCUT2D eigenvalue weighted by molar-refractivity contribution is 5.89. The third-order valence-electron chi connectivity index (χ3n) is 2.98. The maximum absolute atomic E-state index is 11.7. The molecule has 3 rings (SSSR count). The smallest absolute Gasteiger partial charge is 0.261 e. The molecule has 0 spiro atoms. The molecule has 0 aliphatic heterocycles. The number of amides is 1. The summed E-state index contributed by atoms with van der Waals surface area (Å²) >= 11 is 0. The van der Waals surface area contributed by atoms with Gasteiger partial charge in [0.05, 0.1) is 18.1 Å². The molecule has 3 aromatic rings. The minimum absolute atomic E-state index is 0.0605. The Hall–Kier alpha value is -3.56. The Morgan fingerprint density at radius 3 is 2.96 bits per heavy atom. The van der Waals surface area contributed by atoms with Gasteiger partial charge in [0, 0.05) is 11.1 Å². The van der Waals surface area contributed by atoms with Crippen molar-refractivity contribution in [2.24, 2.45) is 5.10 Å². The number of nitrogens with two attached hydrogens (primary N) is 1. The number of hydrogen-bond acceptors (Lipinski definition) is 7. The van der Waals surface area contributed by atoms with Crippen LogP contribution in [-0.2, 0) is 11.3 Å².